The van der Waals surface area contributed by atoms with Gasteiger partial charge in [0.15, 0.2) is 11.6 Å². The number of rotatable bonds is 7. The van der Waals surface area contributed by atoms with E-state index < -0.39 is 11.6 Å². The predicted octanol–water partition coefficient (Wildman–Crippen LogP) is 2.88. The molecule has 1 aromatic carbocycles. The molecular formula is C22H23N5O5. The van der Waals surface area contributed by atoms with Gasteiger partial charge in [0.1, 0.15) is 22.9 Å². The normalized spacial score (nSPS) is 16.7. The van der Waals surface area contributed by atoms with Gasteiger partial charge in [-0.1, -0.05) is 12.1 Å². The highest BCUT2D eigenvalue weighted by Crippen LogP contribution is 2.53. The number of pyridine rings is 1. The number of methoxy groups -OCH3 is 3. The first kappa shape index (κ1) is 21.2. The molecule has 10 nitrogen and oxygen atoms in total. The number of carbonyl (C=O) groups excluding carboxylic acids is 1. The molecule has 3 heterocycles. The first-order valence-corrected chi connectivity index (χ1v) is 9.89. The Morgan fingerprint density at radius 3 is 2.38 bits per heavy atom. The van der Waals surface area contributed by atoms with Crippen LogP contribution in [-0.2, 0) is 15.2 Å². The molecule has 1 unspecified atom stereocenters. The Bertz CT molecular complexity index is 1120. The van der Waals surface area contributed by atoms with Crippen LogP contribution in [0.1, 0.15) is 12.6 Å². The van der Waals surface area contributed by atoms with Gasteiger partial charge in [0.05, 0.1) is 27.9 Å². The summed E-state index contributed by atoms with van der Waals surface area (Å²) in [5.74, 6) is 1.39. The van der Waals surface area contributed by atoms with E-state index in [2.05, 4.69) is 20.3 Å². The SMILES string of the molecule is CCOc1cccc(C2(C(=O)OC)Nc3nccnc3N2c2c(OC)cccc2OC)n1. The number of nitrogens with one attached hydrogen (secondary N) is 1. The van der Waals surface area contributed by atoms with Crippen molar-refractivity contribution in [2.45, 2.75) is 12.6 Å². The Morgan fingerprint density at radius 2 is 1.72 bits per heavy atom. The molecule has 4 rings (SSSR count). The van der Waals surface area contributed by atoms with E-state index in [0.717, 1.165) is 0 Å². The van der Waals surface area contributed by atoms with Crippen LogP contribution in [0.15, 0.2) is 48.8 Å². The summed E-state index contributed by atoms with van der Waals surface area (Å²) < 4.78 is 22.1. The molecule has 0 saturated carbocycles. The number of fused-ring (bicyclic) bond motifs is 1. The van der Waals surface area contributed by atoms with E-state index in [1.807, 2.05) is 6.92 Å². The van der Waals surface area contributed by atoms with Gasteiger partial charge >= 0.3 is 5.97 Å². The van der Waals surface area contributed by atoms with Crippen molar-refractivity contribution in [3.63, 3.8) is 0 Å². The quantitative estimate of drug-likeness (QED) is 0.554. The molecule has 0 spiro atoms. The van der Waals surface area contributed by atoms with Gasteiger partial charge in [-0.3, -0.25) is 4.90 Å². The van der Waals surface area contributed by atoms with Crippen LogP contribution in [0.25, 0.3) is 0 Å². The van der Waals surface area contributed by atoms with Gasteiger partial charge in [0, 0.05) is 18.5 Å². The predicted molar refractivity (Wildman–Crippen MR) is 116 cm³/mol. The van der Waals surface area contributed by atoms with Crippen LogP contribution in [0.4, 0.5) is 17.3 Å². The second-order valence-corrected chi connectivity index (χ2v) is 6.70. The van der Waals surface area contributed by atoms with Crippen LogP contribution in [0.3, 0.4) is 0 Å². The molecule has 0 aliphatic carbocycles. The van der Waals surface area contributed by atoms with E-state index in [4.69, 9.17) is 18.9 Å². The van der Waals surface area contributed by atoms with Crippen LogP contribution in [0, 0.1) is 0 Å². The third kappa shape index (κ3) is 3.20. The fourth-order valence-electron chi connectivity index (χ4n) is 3.71. The first-order valence-electron chi connectivity index (χ1n) is 9.89. The average molecular weight is 437 g/mol. The molecule has 166 valence electrons. The number of hydrogen-bond acceptors (Lipinski definition) is 10. The van der Waals surface area contributed by atoms with Crippen molar-refractivity contribution in [2.24, 2.45) is 0 Å². The van der Waals surface area contributed by atoms with Gasteiger partial charge in [-0.2, -0.15) is 0 Å². The van der Waals surface area contributed by atoms with Crippen molar-refractivity contribution in [1.82, 2.24) is 15.0 Å². The van der Waals surface area contributed by atoms with Crippen molar-refractivity contribution in [1.29, 1.82) is 0 Å². The van der Waals surface area contributed by atoms with E-state index in [1.165, 1.54) is 33.7 Å². The molecule has 10 heteroatoms. The summed E-state index contributed by atoms with van der Waals surface area (Å²) in [7, 11) is 4.37. The van der Waals surface area contributed by atoms with Gasteiger partial charge in [0.2, 0.25) is 5.88 Å². The molecule has 1 atom stereocenters. The molecule has 2 aromatic heterocycles. The van der Waals surface area contributed by atoms with Crippen LogP contribution in [0.5, 0.6) is 17.4 Å². The summed E-state index contributed by atoms with van der Waals surface area (Å²) in [4.78, 5) is 28.6. The maximum atomic E-state index is 13.5. The number of carbonyl (C=O) groups is 1. The molecule has 32 heavy (non-hydrogen) atoms. The number of esters is 1. The lowest BCUT2D eigenvalue weighted by Gasteiger charge is -2.37. The monoisotopic (exact) mass is 437 g/mol. The lowest BCUT2D eigenvalue weighted by atomic mass is 10.0. The van der Waals surface area contributed by atoms with Gasteiger partial charge in [-0.05, 0) is 25.1 Å². The Kier molecular flexibility index (Phi) is 5.67. The van der Waals surface area contributed by atoms with Gasteiger partial charge in [-0.25, -0.2) is 19.7 Å². The van der Waals surface area contributed by atoms with Gasteiger partial charge in [-0.15, -0.1) is 0 Å². The van der Waals surface area contributed by atoms with E-state index in [0.29, 0.717) is 47.0 Å². The molecule has 0 fully saturated rings. The van der Waals surface area contributed by atoms with Crippen LogP contribution >= 0.6 is 0 Å². The fraction of sp³-hybridized carbons (Fsp3) is 0.273. The summed E-state index contributed by atoms with van der Waals surface area (Å²) in [6.07, 6.45) is 3.06. The summed E-state index contributed by atoms with van der Waals surface area (Å²) in [5, 5.41) is 3.18. The Labute approximate surface area is 185 Å². The molecule has 3 aromatic rings. The zero-order valence-electron chi connectivity index (χ0n) is 18.2. The zero-order valence-corrected chi connectivity index (χ0v) is 18.2. The van der Waals surface area contributed by atoms with E-state index in [1.54, 1.807) is 41.3 Å². The Hall–Kier alpha value is -4.08. The Balaban J connectivity index is 2.06. The van der Waals surface area contributed by atoms with E-state index >= 15 is 0 Å². The van der Waals surface area contributed by atoms with E-state index in [-0.39, 0.29) is 0 Å². The molecule has 1 aliphatic rings. The van der Waals surface area contributed by atoms with Gasteiger partial charge < -0.3 is 24.3 Å². The van der Waals surface area contributed by atoms with Crippen molar-refractivity contribution in [2.75, 3.05) is 38.2 Å². The van der Waals surface area contributed by atoms with Crippen molar-refractivity contribution >= 4 is 23.3 Å². The van der Waals surface area contributed by atoms with E-state index in [9.17, 15) is 4.79 Å². The molecule has 0 radical (unpaired) electrons. The molecule has 0 amide bonds. The topological polar surface area (TPSA) is 108 Å². The molecule has 0 saturated heterocycles. The van der Waals surface area contributed by atoms with Gasteiger partial charge in [0.25, 0.3) is 5.66 Å². The fourth-order valence-corrected chi connectivity index (χ4v) is 3.71. The molecule has 0 bridgehead atoms. The smallest absolute Gasteiger partial charge is 0.359 e. The third-order valence-corrected chi connectivity index (χ3v) is 5.02. The first-order chi connectivity index (χ1) is 15.6. The number of nitrogens with zero attached hydrogens (tertiary/aromatic N) is 4. The summed E-state index contributed by atoms with van der Waals surface area (Å²) in [6, 6.07) is 10.5. The maximum absolute atomic E-state index is 13.5. The number of hydrogen-bond donors (Lipinski definition) is 1. The largest absolute Gasteiger partial charge is 0.494 e. The number of ether oxygens (including phenoxy) is 4. The lowest BCUT2D eigenvalue weighted by molar-refractivity contribution is -0.146. The second-order valence-electron chi connectivity index (χ2n) is 6.70. The van der Waals surface area contributed by atoms with Crippen LogP contribution in [0.2, 0.25) is 0 Å². The van der Waals surface area contributed by atoms with Crippen molar-refractivity contribution in [3.8, 4) is 17.4 Å². The highest BCUT2D eigenvalue weighted by atomic mass is 16.5. The van der Waals surface area contributed by atoms with Crippen LogP contribution < -0.4 is 24.4 Å². The number of benzene rings is 1. The summed E-state index contributed by atoms with van der Waals surface area (Å²) in [5.41, 5.74) is -0.880. The van der Waals surface area contributed by atoms with Crippen molar-refractivity contribution < 1.29 is 23.7 Å². The lowest BCUT2D eigenvalue weighted by Crippen LogP contribution is -2.53. The number of anilines is 3. The van der Waals surface area contributed by atoms with Crippen LogP contribution in [-0.4, -0.2) is 48.9 Å². The summed E-state index contributed by atoms with van der Waals surface area (Å²) in [6.45, 7) is 2.27. The Morgan fingerprint density at radius 1 is 1.03 bits per heavy atom. The second kappa shape index (κ2) is 8.58. The maximum Gasteiger partial charge on any atom is 0.359 e. The third-order valence-electron chi connectivity index (χ3n) is 5.02. The standard InChI is InChI=1S/C22H23N5O5/c1-5-32-17-11-7-10-16(25-17)22(21(28)31-4)26-19-20(24-13-12-23-19)27(22)18-14(29-2)8-6-9-15(18)30-3/h6-13H,5H2,1-4H3,(H,23,26). The number of para-hydroxylation sites is 1. The molecular weight excluding hydrogens is 414 g/mol. The van der Waals surface area contributed by atoms with Crippen molar-refractivity contribution in [3.05, 3.63) is 54.5 Å². The summed E-state index contributed by atoms with van der Waals surface area (Å²) >= 11 is 0. The minimum atomic E-state index is -1.66. The number of aromatic nitrogens is 3. The average Bonchev–Trinajstić information content (AvgIpc) is 3.19. The highest BCUT2D eigenvalue weighted by Gasteiger charge is 2.57. The minimum Gasteiger partial charge on any atom is -0.494 e. The molecule has 1 N–H and O–H groups in total. The minimum absolute atomic E-state index is 0.322. The highest BCUT2D eigenvalue weighted by molar-refractivity contribution is 5.99. The zero-order chi connectivity index (χ0) is 22.7. The molecule has 1 aliphatic heterocycles.